The number of benzene rings is 2. The number of anilines is 1. The molecule has 0 unspecified atom stereocenters. The topological polar surface area (TPSA) is 126 Å². The number of aliphatic imine (C=N–C) groups is 2. The number of ether oxygens (including phenoxy) is 1. The number of rotatable bonds is 9. The van der Waals surface area contributed by atoms with Gasteiger partial charge in [-0.1, -0.05) is 36.9 Å². The molecule has 11 heteroatoms. The first kappa shape index (κ1) is 26.2. The molecule has 3 heterocycles. The standard InChI is InChI=1S/C28H27N5O5S/c1-3-23(26(35)30-17-8-6-9-18(14-17)37-2)39-28-32-21-12-5-4-11-20(21)25-31-22(27(36)33(25)28)15-24(34)29-16-19-10-7-13-38-19/h4-14,22-23H,3,15-16H2,1-2H3,(H,29,34)(H,30,35)/t22-,23-/m1/s1. The maximum atomic E-state index is 13.5. The Bertz CT molecular complexity index is 1450. The summed E-state index contributed by atoms with van der Waals surface area (Å²) in [5, 5.41) is 5.49. The molecule has 0 bridgehead atoms. The van der Waals surface area contributed by atoms with Crippen molar-refractivity contribution in [3.63, 3.8) is 0 Å². The molecule has 1 aromatic heterocycles. The first-order valence-corrected chi connectivity index (χ1v) is 13.3. The first-order chi connectivity index (χ1) is 19.0. The maximum Gasteiger partial charge on any atom is 0.259 e. The summed E-state index contributed by atoms with van der Waals surface area (Å²) in [5.41, 5.74) is 1.95. The van der Waals surface area contributed by atoms with Crippen molar-refractivity contribution in [1.82, 2.24) is 10.2 Å². The number of hydrogen-bond acceptors (Lipinski definition) is 8. The van der Waals surface area contributed by atoms with Gasteiger partial charge in [-0.15, -0.1) is 0 Å². The highest BCUT2D eigenvalue weighted by atomic mass is 32.2. The van der Waals surface area contributed by atoms with Crippen LogP contribution in [0.25, 0.3) is 0 Å². The molecule has 5 rings (SSSR count). The van der Waals surface area contributed by atoms with Gasteiger partial charge in [0.1, 0.15) is 23.4 Å². The molecular weight excluding hydrogens is 518 g/mol. The number of hydrogen-bond donors (Lipinski definition) is 2. The summed E-state index contributed by atoms with van der Waals surface area (Å²) in [7, 11) is 1.56. The van der Waals surface area contributed by atoms with Crippen LogP contribution in [0.2, 0.25) is 0 Å². The number of furan rings is 1. The lowest BCUT2D eigenvalue weighted by Gasteiger charge is -2.27. The lowest BCUT2D eigenvalue weighted by Crippen LogP contribution is -2.43. The second kappa shape index (κ2) is 11.6. The van der Waals surface area contributed by atoms with Crippen molar-refractivity contribution in [2.75, 3.05) is 12.4 Å². The summed E-state index contributed by atoms with van der Waals surface area (Å²) >= 11 is 1.19. The van der Waals surface area contributed by atoms with Gasteiger partial charge in [-0.3, -0.25) is 19.4 Å². The van der Waals surface area contributed by atoms with E-state index in [9.17, 15) is 14.4 Å². The Labute approximate surface area is 229 Å². The van der Waals surface area contributed by atoms with Crippen LogP contribution in [0.4, 0.5) is 11.4 Å². The number of nitrogens with one attached hydrogen (secondary N) is 2. The number of amides is 3. The second-order valence-electron chi connectivity index (χ2n) is 8.85. The average molecular weight is 546 g/mol. The minimum Gasteiger partial charge on any atom is -0.497 e. The van der Waals surface area contributed by atoms with Gasteiger partial charge in [-0.2, -0.15) is 0 Å². The van der Waals surface area contributed by atoms with E-state index >= 15 is 0 Å². The minimum absolute atomic E-state index is 0.118. The summed E-state index contributed by atoms with van der Waals surface area (Å²) in [6.45, 7) is 2.12. The van der Waals surface area contributed by atoms with E-state index < -0.39 is 11.3 Å². The number of nitrogens with zero attached hydrogens (tertiary/aromatic N) is 3. The van der Waals surface area contributed by atoms with Crippen LogP contribution < -0.4 is 15.4 Å². The predicted octanol–water partition coefficient (Wildman–Crippen LogP) is 4.10. The summed E-state index contributed by atoms with van der Waals surface area (Å²) < 4.78 is 10.5. The fourth-order valence-corrected chi connectivity index (χ4v) is 5.25. The molecular formula is C28H27N5O5S. The average Bonchev–Trinajstić information content (AvgIpc) is 3.59. The van der Waals surface area contributed by atoms with E-state index in [-0.39, 0.29) is 30.7 Å². The van der Waals surface area contributed by atoms with Gasteiger partial charge in [0.05, 0.1) is 37.3 Å². The predicted molar refractivity (Wildman–Crippen MR) is 149 cm³/mol. The molecule has 0 spiro atoms. The number of methoxy groups -OCH3 is 1. The Kier molecular flexibility index (Phi) is 7.78. The summed E-state index contributed by atoms with van der Waals surface area (Å²) in [6.07, 6.45) is 1.91. The zero-order valence-electron chi connectivity index (χ0n) is 21.4. The molecule has 2 N–H and O–H groups in total. The van der Waals surface area contributed by atoms with Crippen LogP contribution in [0.15, 0.2) is 81.3 Å². The third-order valence-electron chi connectivity index (χ3n) is 6.21. The number of amidine groups is 2. The van der Waals surface area contributed by atoms with Crippen LogP contribution in [-0.2, 0) is 20.9 Å². The Morgan fingerprint density at radius 3 is 2.77 bits per heavy atom. The summed E-state index contributed by atoms with van der Waals surface area (Å²) in [5.74, 6) is 0.766. The third kappa shape index (κ3) is 5.73. The van der Waals surface area contributed by atoms with Crippen molar-refractivity contribution in [2.24, 2.45) is 9.98 Å². The minimum atomic E-state index is -0.903. The molecule has 200 valence electrons. The lowest BCUT2D eigenvalue weighted by molar-refractivity contribution is -0.128. The van der Waals surface area contributed by atoms with Crippen molar-refractivity contribution in [3.8, 4) is 5.75 Å². The molecule has 3 aromatic rings. The van der Waals surface area contributed by atoms with Gasteiger partial charge in [0, 0.05) is 17.3 Å². The number of para-hydroxylation sites is 1. The van der Waals surface area contributed by atoms with Crippen LogP contribution in [0.1, 0.15) is 31.1 Å². The van der Waals surface area contributed by atoms with E-state index in [0.717, 1.165) is 0 Å². The van der Waals surface area contributed by atoms with E-state index in [2.05, 4.69) is 15.6 Å². The van der Waals surface area contributed by atoms with Gasteiger partial charge >= 0.3 is 0 Å². The smallest absolute Gasteiger partial charge is 0.259 e. The molecule has 2 aliphatic heterocycles. The molecule has 39 heavy (non-hydrogen) atoms. The van der Waals surface area contributed by atoms with Crippen LogP contribution in [-0.4, -0.2) is 52.0 Å². The third-order valence-corrected chi connectivity index (χ3v) is 7.53. The molecule has 0 saturated heterocycles. The van der Waals surface area contributed by atoms with Crippen molar-refractivity contribution < 1.29 is 23.5 Å². The van der Waals surface area contributed by atoms with E-state index in [4.69, 9.17) is 14.1 Å². The largest absolute Gasteiger partial charge is 0.497 e. The highest BCUT2D eigenvalue weighted by molar-refractivity contribution is 8.15. The molecule has 2 atom stereocenters. The van der Waals surface area contributed by atoms with Gasteiger partial charge in [0.2, 0.25) is 11.8 Å². The number of carbonyl (C=O) groups excluding carboxylic acids is 3. The van der Waals surface area contributed by atoms with E-state index in [1.165, 1.54) is 22.9 Å². The fourth-order valence-electron chi connectivity index (χ4n) is 4.23. The number of carbonyl (C=O) groups is 3. The molecule has 0 fully saturated rings. The number of fused-ring (bicyclic) bond motifs is 3. The van der Waals surface area contributed by atoms with Gasteiger partial charge in [-0.05, 0) is 42.8 Å². The van der Waals surface area contributed by atoms with Crippen LogP contribution >= 0.6 is 11.8 Å². The highest BCUT2D eigenvalue weighted by Crippen LogP contribution is 2.36. The maximum absolute atomic E-state index is 13.5. The Morgan fingerprint density at radius 1 is 1.15 bits per heavy atom. The molecule has 0 saturated carbocycles. The monoisotopic (exact) mass is 545 g/mol. The zero-order valence-corrected chi connectivity index (χ0v) is 22.2. The Hall–Kier alpha value is -4.38. The Balaban J connectivity index is 1.34. The zero-order chi connectivity index (χ0) is 27.4. The van der Waals surface area contributed by atoms with Gasteiger partial charge in [-0.25, -0.2) is 9.89 Å². The highest BCUT2D eigenvalue weighted by Gasteiger charge is 2.43. The molecule has 0 aliphatic carbocycles. The lowest BCUT2D eigenvalue weighted by atomic mass is 10.1. The first-order valence-electron chi connectivity index (χ1n) is 12.5. The van der Waals surface area contributed by atoms with Crippen molar-refractivity contribution >= 4 is 51.9 Å². The Morgan fingerprint density at radius 2 is 2.00 bits per heavy atom. The molecule has 3 amide bonds. The van der Waals surface area contributed by atoms with Crippen molar-refractivity contribution in [2.45, 2.75) is 37.6 Å². The van der Waals surface area contributed by atoms with Crippen LogP contribution in [0.5, 0.6) is 5.75 Å². The van der Waals surface area contributed by atoms with E-state index in [1.54, 1.807) is 43.5 Å². The van der Waals surface area contributed by atoms with Crippen LogP contribution in [0.3, 0.4) is 0 Å². The van der Waals surface area contributed by atoms with Crippen molar-refractivity contribution in [1.29, 1.82) is 0 Å². The second-order valence-corrected chi connectivity index (χ2v) is 10.0. The molecule has 2 aliphatic rings. The van der Waals surface area contributed by atoms with Crippen LogP contribution in [0, 0.1) is 0 Å². The van der Waals surface area contributed by atoms with Crippen molar-refractivity contribution in [3.05, 3.63) is 78.3 Å². The molecule has 0 radical (unpaired) electrons. The molecule has 10 nitrogen and oxygen atoms in total. The SMILES string of the molecule is CC[C@@H](SC1=Nc2ccccc2C2=N[C@H](CC(=O)NCc3ccco3)C(=O)N12)C(=O)Nc1cccc(OC)c1. The summed E-state index contributed by atoms with van der Waals surface area (Å²) in [4.78, 5) is 50.1. The number of thioether (sulfide) groups is 1. The van der Waals surface area contributed by atoms with Gasteiger partial charge in [0.25, 0.3) is 5.91 Å². The van der Waals surface area contributed by atoms with Gasteiger partial charge < -0.3 is 19.8 Å². The van der Waals surface area contributed by atoms with Gasteiger partial charge in [0.15, 0.2) is 5.17 Å². The molecule has 2 aromatic carbocycles. The normalized spacial score (nSPS) is 16.5. The quantitative estimate of drug-likeness (QED) is 0.417. The fraction of sp³-hybridized carbons (Fsp3) is 0.250. The summed E-state index contributed by atoms with van der Waals surface area (Å²) in [6, 6.07) is 17.1. The van der Waals surface area contributed by atoms with E-state index in [0.29, 0.717) is 45.9 Å². The van der Waals surface area contributed by atoms with E-state index in [1.807, 2.05) is 31.2 Å².